The van der Waals surface area contributed by atoms with Gasteiger partial charge in [0.1, 0.15) is 5.01 Å². The second kappa shape index (κ2) is 9.71. The van der Waals surface area contributed by atoms with Crippen LogP contribution in [0.4, 0.5) is 5.69 Å². The van der Waals surface area contributed by atoms with Gasteiger partial charge in [0, 0.05) is 17.0 Å². The molecule has 1 aliphatic carbocycles. The summed E-state index contributed by atoms with van der Waals surface area (Å²) in [5, 5.41) is 15.3. The van der Waals surface area contributed by atoms with Gasteiger partial charge < -0.3 is 10.4 Å². The molecule has 4 rings (SSSR count). The van der Waals surface area contributed by atoms with E-state index >= 15 is 0 Å². The zero-order chi connectivity index (χ0) is 21.6. The van der Waals surface area contributed by atoms with Crippen molar-refractivity contribution in [1.82, 2.24) is 4.98 Å². The Bertz CT molecular complexity index is 1110. The van der Waals surface area contributed by atoms with E-state index in [4.69, 9.17) is 4.98 Å². The summed E-state index contributed by atoms with van der Waals surface area (Å²) in [6.07, 6.45) is 9.09. The molecular formula is C25H24N2O3S. The number of rotatable bonds is 7. The highest BCUT2D eigenvalue weighted by Crippen LogP contribution is 2.34. The number of carbonyl (C=O) groups is 2. The highest BCUT2D eigenvalue weighted by Gasteiger charge is 2.19. The van der Waals surface area contributed by atoms with Crippen molar-refractivity contribution in [2.75, 3.05) is 5.32 Å². The molecule has 1 aromatic heterocycles. The zero-order valence-corrected chi connectivity index (χ0v) is 17.9. The molecule has 2 aromatic carbocycles. The molecule has 0 saturated heterocycles. The number of carbonyl (C=O) groups excluding carboxylic acids is 1. The lowest BCUT2D eigenvalue weighted by molar-refractivity contribution is -0.115. The maximum absolute atomic E-state index is 12.4. The minimum absolute atomic E-state index is 0.00555. The molecule has 1 heterocycles. The summed E-state index contributed by atoms with van der Waals surface area (Å²) in [7, 11) is 0. The van der Waals surface area contributed by atoms with Crippen LogP contribution in [-0.2, 0) is 11.2 Å². The summed E-state index contributed by atoms with van der Waals surface area (Å²) in [4.78, 5) is 28.5. The van der Waals surface area contributed by atoms with Crippen LogP contribution in [0, 0.1) is 0 Å². The van der Waals surface area contributed by atoms with Crippen molar-refractivity contribution in [3.63, 3.8) is 0 Å². The third-order valence-electron chi connectivity index (χ3n) is 5.50. The average Bonchev–Trinajstić information content (AvgIpc) is 3.44. The first-order chi connectivity index (χ1) is 15.1. The quantitative estimate of drug-likeness (QED) is 0.491. The SMILES string of the molecule is O=C(Cc1ccccc1C(=O)O)Nc1cccc(/C=C/c2nc(C3CCCC3)cs2)c1. The smallest absolute Gasteiger partial charge is 0.335 e. The number of anilines is 1. The third-order valence-corrected chi connectivity index (χ3v) is 6.33. The summed E-state index contributed by atoms with van der Waals surface area (Å²) in [6.45, 7) is 0. The van der Waals surface area contributed by atoms with E-state index in [-0.39, 0.29) is 17.9 Å². The number of thiazole rings is 1. The number of carboxylic acid groups (broad SMARTS) is 1. The Balaban J connectivity index is 1.40. The van der Waals surface area contributed by atoms with Gasteiger partial charge in [-0.3, -0.25) is 4.79 Å². The summed E-state index contributed by atoms with van der Waals surface area (Å²) < 4.78 is 0. The van der Waals surface area contributed by atoms with Gasteiger partial charge in [-0.25, -0.2) is 9.78 Å². The lowest BCUT2D eigenvalue weighted by Gasteiger charge is -2.08. The molecule has 0 radical (unpaired) electrons. The molecule has 158 valence electrons. The predicted molar refractivity (Wildman–Crippen MR) is 124 cm³/mol. The van der Waals surface area contributed by atoms with Gasteiger partial charge in [-0.1, -0.05) is 49.2 Å². The Hall–Kier alpha value is -3.25. The molecule has 2 N–H and O–H groups in total. The molecule has 6 heteroatoms. The van der Waals surface area contributed by atoms with Crippen LogP contribution in [0.1, 0.15) is 63.8 Å². The highest BCUT2D eigenvalue weighted by molar-refractivity contribution is 7.10. The molecule has 0 atom stereocenters. The molecule has 1 saturated carbocycles. The maximum atomic E-state index is 12.4. The Kier molecular flexibility index (Phi) is 6.57. The average molecular weight is 433 g/mol. The monoisotopic (exact) mass is 432 g/mol. The van der Waals surface area contributed by atoms with Gasteiger partial charge in [-0.15, -0.1) is 11.3 Å². The van der Waals surface area contributed by atoms with Crippen molar-refractivity contribution >= 4 is 41.1 Å². The predicted octanol–water partition coefficient (Wildman–Crippen LogP) is 5.85. The molecule has 1 fully saturated rings. The van der Waals surface area contributed by atoms with Crippen LogP contribution < -0.4 is 5.32 Å². The summed E-state index contributed by atoms with van der Waals surface area (Å²) in [5.41, 5.74) is 3.48. The number of nitrogens with one attached hydrogen (secondary N) is 1. The van der Waals surface area contributed by atoms with Crippen molar-refractivity contribution in [2.45, 2.75) is 38.0 Å². The second-order valence-corrected chi connectivity index (χ2v) is 8.63. The van der Waals surface area contributed by atoms with Crippen molar-refractivity contribution in [3.8, 4) is 0 Å². The molecule has 31 heavy (non-hydrogen) atoms. The molecular weight excluding hydrogens is 408 g/mol. The largest absolute Gasteiger partial charge is 0.478 e. The fourth-order valence-electron chi connectivity index (χ4n) is 3.94. The van der Waals surface area contributed by atoms with Gasteiger partial charge >= 0.3 is 5.97 Å². The topological polar surface area (TPSA) is 79.3 Å². The van der Waals surface area contributed by atoms with Crippen LogP contribution in [0.5, 0.6) is 0 Å². The molecule has 1 amide bonds. The number of hydrogen-bond donors (Lipinski definition) is 2. The summed E-state index contributed by atoms with van der Waals surface area (Å²) >= 11 is 1.66. The normalized spacial score (nSPS) is 14.2. The minimum Gasteiger partial charge on any atom is -0.478 e. The van der Waals surface area contributed by atoms with Gasteiger partial charge in [0.25, 0.3) is 0 Å². The number of aromatic nitrogens is 1. The van der Waals surface area contributed by atoms with E-state index < -0.39 is 5.97 Å². The van der Waals surface area contributed by atoms with Crippen LogP contribution in [-0.4, -0.2) is 22.0 Å². The van der Waals surface area contributed by atoms with E-state index in [0.717, 1.165) is 10.6 Å². The first kappa shape index (κ1) is 21.0. The van der Waals surface area contributed by atoms with Crippen LogP contribution in [0.25, 0.3) is 12.2 Å². The third kappa shape index (κ3) is 5.47. The number of hydrogen-bond acceptors (Lipinski definition) is 4. The Labute approximate surface area is 185 Å². The van der Waals surface area contributed by atoms with Crippen molar-refractivity contribution in [1.29, 1.82) is 0 Å². The number of carboxylic acids is 1. The molecule has 0 unspecified atom stereocenters. The number of aromatic carboxylic acids is 1. The van der Waals surface area contributed by atoms with Crippen molar-refractivity contribution in [3.05, 3.63) is 81.3 Å². The highest BCUT2D eigenvalue weighted by atomic mass is 32.1. The molecule has 3 aromatic rings. The molecule has 0 spiro atoms. The van der Waals surface area contributed by atoms with E-state index in [2.05, 4.69) is 10.7 Å². The Morgan fingerprint density at radius 3 is 2.71 bits per heavy atom. The van der Waals surface area contributed by atoms with Gasteiger partial charge in [0.15, 0.2) is 0 Å². The van der Waals surface area contributed by atoms with Crippen LogP contribution in [0.2, 0.25) is 0 Å². The molecule has 1 aliphatic rings. The fourth-order valence-corrected chi connectivity index (χ4v) is 4.73. The summed E-state index contributed by atoms with van der Waals surface area (Å²) in [5.74, 6) is -0.673. The lowest BCUT2D eigenvalue weighted by Crippen LogP contribution is -2.16. The number of amides is 1. The van der Waals surface area contributed by atoms with Crippen molar-refractivity contribution in [2.24, 2.45) is 0 Å². The van der Waals surface area contributed by atoms with Crippen molar-refractivity contribution < 1.29 is 14.7 Å². The van der Waals surface area contributed by atoms with Gasteiger partial charge in [-0.2, -0.15) is 0 Å². The first-order valence-corrected chi connectivity index (χ1v) is 11.3. The van der Waals surface area contributed by atoms with Gasteiger partial charge in [0.05, 0.1) is 17.7 Å². The van der Waals surface area contributed by atoms with Gasteiger partial charge in [-0.05, 0) is 48.2 Å². The zero-order valence-electron chi connectivity index (χ0n) is 17.1. The molecule has 0 bridgehead atoms. The van der Waals surface area contributed by atoms with E-state index in [9.17, 15) is 14.7 Å². The van der Waals surface area contributed by atoms with E-state index in [1.54, 1.807) is 29.5 Å². The number of benzene rings is 2. The van der Waals surface area contributed by atoms with E-state index in [0.29, 0.717) is 17.2 Å². The number of nitrogens with zero attached hydrogens (tertiary/aromatic N) is 1. The second-order valence-electron chi connectivity index (χ2n) is 7.74. The van der Waals surface area contributed by atoms with Crippen LogP contribution in [0.3, 0.4) is 0 Å². The fraction of sp³-hybridized carbons (Fsp3) is 0.240. The standard InChI is InChI=1S/C25H24N2O3S/c28-23(15-19-9-3-4-11-21(19)25(29)30)26-20-10-5-6-17(14-20)12-13-24-27-22(16-31-24)18-7-1-2-8-18/h3-6,9-14,16,18H,1-2,7-8,15H2,(H,26,28)(H,29,30)/b13-12+. The van der Waals surface area contributed by atoms with E-state index in [1.165, 1.54) is 37.4 Å². The van der Waals surface area contributed by atoms with E-state index in [1.807, 2.05) is 36.4 Å². The van der Waals surface area contributed by atoms with Crippen LogP contribution >= 0.6 is 11.3 Å². The van der Waals surface area contributed by atoms with Gasteiger partial charge in [0.2, 0.25) is 5.91 Å². The van der Waals surface area contributed by atoms with Crippen LogP contribution in [0.15, 0.2) is 53.9 Å². The first-order valence-electron chi connectivity index (χ1n) is 10.4. The Morgan fingerprint density at radius 2 is 1.90 bits per heavy atom. The lowest BCUT2D eigenvalue weighted by atomic mass is 10.0. The molecule has 0 aliphatic heterocycles. The summed E-state index contributed by atoms with van der Waals surface area (Å²) in [6, 6.07) is 14.1. The minimum atomic E-state index is -1.03. The Morgan fingerprint density at radius 1 is 1.10 bits per heavy atom. The maximum Gasteiger partial charge on any atom is 0.335 e. The molecule has 5 nitrogen and oxygen atoms in total.